The van der Waals surface area contributed by atoms with Crippen LogP contribution in [0.3, 0.4) is 0 Å². The van der Waals surface area contributed by atoms with Crippen molar-refractivity contribution in [2.24, 2.45) is 0 Å². The number of ether oxygens (including phenoxy) is 1. The van der Waals surface area contributed by atoms with E-state index in [0.29, 0.717) is 0 Å². The van der Waals surface area contributed by atoms with Crippen LogP contribution in [-0.4, -0.2) is 36.4 Å². The minimum absolute atomic E-state index is 0.00255. The molecule has 0 amide bonds. The maximum absolute atomic E-state index is 12.0. The Kier molecular flexibility index (Phi) is 4.10. The summed E-state index contributed by atoms with van der Waals surface area (Å²) in [6, 6.07) is 0. The zero-order valence-corrected chi connectivity index (χ0v) is 11.9. The van der Waals surface area contributed by atoms with E-state index in [1.807, 2.05) is 0 Å². The van der Waals surface area contributed by atoms with Crippen LogP contribution in [0.25, 0.3) is 0 Å². The highest BCUT2D eigenvalue weighted by Gasteiger charge is 2.36. The van der Waals surface area contributed by atoms with Gasteiger partial charge in [-0.1, -0.05) is 5.92 Å². The average Bonchev–Trinajstić information content (AvgIpc) is 2.78. The van der Waals surface area contributed by atoms with Gasteiger partial charge in [0.25, 0.3) is 5.56 Å². The molecule has 0 saturated carbocycles. The standard InChI is InChI=1S/C11H11IN2O5/c1-2-6-4-13(11(18)14(12)9(6)17)10-8(16)3-7(5-15)19-10/h1,4,7-8,10,15-16H,3,5H2/t7-,8+,10+/m0/s1. The summed E-state index contributed by atoms with van der Waals surface area (Å²) in [5.41, 5.74) is -1.24. The molecule has 1 aromatic rings. The SMILES string of the molecule is C#Cc1cn([C@@H]2O[C@H](CO)C[C@H]2O)c(=O)n(I)c1=O. The molecular weight excluding hydrogens is 367 g/mol. The van der Waals surface area contributed by atoms with Crippen LogP contribution in [0.4, 0.5) is 0 Å². The van der Waals surface area contributed by atoms with Gasteiger partial charge in [-0.25, -0.2) is 4.79 Å². The zero-order chi connectivity index (χ0) is 14.2. The Hall–Kier alpha value is -1.15. The molecule has 1 fully saturated rings. The third kappa shape index (κ3) is 2.46. The van der Waals surface area contributed by atoms with Crippen LogP contribution in [-0.2, 0) is 4.74 Å². The number of hydrogen-bond acceptors (Lipinski definition) is 5. The quantitative estimate of drug-likeness (QED) is 0.500. The van der Waals surface area contributed by atoms with Gasteiger partial charge < -0.3 is 14.9 Å². The first-order valence-electron chi connectivity index (χ1n) is 5.45. The van der Waals surface area contributed by atoms with Gasteiger partial charge in [-0.15, -0.1) is 6.42 Å². The van der Waals surface area contributed by atoms with E-state index in [-0.39, 0.29) is 18.6 Å². The van der Waals surface area contributed by atoms with Crippen molar-refractivity contribution in [1.82, 2.24) is 7.35 Å². The molecule has 19 heavy (non-hydrogen) atoms. The second kappa shape index (κ2) is 5.46. The van der Waals surface area contributed by atoms with Gasteiger partial charge >= 0.3 is 5.69 Å². The largest absolute Gasteiger partial charge is 0.394 e. The number of nitrogens with zero attached hydrogens (tertiary/aromatic N) is 2. The van der Waals surface area contributed by atoms with Crippen molar-refractivity contribution in [3.05, 3.63) is 32.6 Å². The van der Waals surface area contributed by atoms with Crippen LogP contribution < -0.4 is 11.2 Å². The highest BCUT2D eigenvalue weighted by Crippen LogP contribution is 2.27. The first-order chi connectivity index (χ1) is 8.99. The van der Waals surface area contributed by atoms with E-state index in [9.17, 15) is 14.7 Å². The molecule has 0 radical (unpaired) electrons. The fourth-order valence-corrected chi connectivity index (χ4v) is 2.43. The van der Waals surface area contributed by atoms with Gasteiger partial charge in [0, 0.05) is 12.6 Å². The summed E-state index contributed by atoms with van der Waals surface area (Å²) >= 11 is 1.54. The molecule has 102 valence electrons. The Morgan fingerprint density at radius 1 is 1.58 bits per heavy atom. The summed E-state index contributed by atoms with van der Waals surface area (Å²) in [5, 5.41) is 18.9. The highest BCUT2D eigenvalue weighted by atomic mass is 127. The molecular formula is C11H11IN2O5. The summed E-state index contributed by atoms with van der Waals surface area (Å²) in [7, 11) is 0. The minimum atomic E-state index is -0.960. The molecule has 1 aromatic heterocycles. The normalized spacial score (nSPS) is 26.3. The van der Waals surface area contributed by atoms with Crippen molar-refractivity contribution >= 4 is 22.9 Å². The molecule has 0 unspecified atom stereocenters. The number of halogens is 1. The molecule has 1 aliphatic heterocycles. The maximum atomic E-state index is 12.0. The van der Waals surface area contributed by atoms with E-state index in [1.54, 1.807) is 22.9 Å². The summed E-state index contributed by atoms with van der Waals surface area (Å²) in [6.45, 7) is -0.256. The lowest BCUT2D eigenvalue weighted by Gasteiger charge is -2.18. The first-order valence-corrected chi connectivity index (χ1v) is 6.41. The van der Waals surface area contributed by atoms with Gasteiger partial charge in [-0.3, -0.25) is 9.36 Å². The lowest BCUT2D eigenvalue weighted by atomic mass is 10.2. The third-order valence-corrected chi connectivity index (χ3v) is 3.72. The maximum Gasteiger partial charge on any atom is 0.342 e. The molecule has 1 saturated heterocycles. The lowest BCUT2D eigenvalue weighted by Crippen LogP contribution is -2.40. The van der Waals surface area contributed by atoms with Crippen LogP contribution in [0, 0.1) is 12.3 Å². The van der Waals surface area contributed by atoms with Crippen LogP contribution >= 0.6 is 22.9 Å². The molecule has 8 heteroatoms. The van der Waals surface area contributed by atoms with E-state index in [1.165, 1.54) is 6.20 Å². The van der Waals surface area contributed by atoms with Gasteiger partial charge in [0.05, 0.1) is 35.6 Å². The monoisotopic (exact) mass is 378 g/mol. The van der Waals surface area contributed by atoms with Gasteiger partial charge in [-0.2, -0.15) is 2.78 Å². The Morgan fingerprint density at radius 3 is 2.79 bits per heavy atom. The minimum Gasteiger partial charge on any atom is -0.394 e. The van der Waals surface area contributed by atoms with Crippen molar-refractivity contribution in [3.8, 4) is 12.3 Å². The van der Waals surface area contributed by atoms with Crippen LogP contribution in [0.1, 0.15) is 18.2 Å². The topological polar surface area (TPSA) is 93.7 Å². The third-order valence-electron chi connectivity index (χ3n) is 2.86. The van der Waals surface area contributed by atoms with E-state index in [4.69, 9.17) is 16.3 Å². The molecule has 2 heterocycles. The molecule has 2 rings (SSSR count). The van der Waals surface area contributed by atoms with Gasteiger partial charge in [-0.05, 0) is 0 Å². The fraction of sp³-hybridized carbons (Fsp3) is 0.455. The fourth-order valence-electron chi connectivity index (χ4n) is 1.92. The number of aliphatic hydroxyl groups excluding tert-OH is 2. The second-order valence-electron chi connectivity index (χ2n) is 4.10. The average molecular weight is 378 g/mol. The van der Waals surface area contributed by atoms with Crippen LogP contribution in [0.2, 0.25) is 0 Å². The Morgan fingerprint density at radius 2 is 2.26 bits per heavy atom. The number of terminal acetylenes is 1. The van der Waals surface area contributed by atoms with Crippen LogP contribution in [0.5, 0.6) is 0 Å². The zero-order valence-electron chi connectivity index (χ0n) is 9.69. The molecule has 7 nitrogen and oxygen atoms in total. The predicted octanol–water partition coefficient (Wildman–Crippen LogP) is -1.17. The van der Waals surface area contributed by atoms with Crippen molar-refractivity contribution in [1.29, 1.82) is 0 Å². The highest BCUT2D eigenvalue weighted by molar-refractivity contribution is 14.1. The van der Waals surface area contributed by atoms with Crippen molar-refractivity contribution in [3.63, 3.8) is 0 Å². The van der Waals surface area contributed by atoms with E-state index < -0.39 is 29.7 Å². The van der Waals surface area contributed by atoms with E-state index in [2.05, 4.69) is 5.92 Å². The molecule has 1 aliphatic rings. The predicted molar refractivity (Wildman–Crippen MR) is 73.9 cm³/mol. The molecule has 0 aliphatic carbocycles. The van der Waals surface area contributed by atoms with Crippen molar-refractivity contribution in [2.75, 3.05) is 6.61 Å². The van der Waals surface area contributed by atoms with Gasteiger partial charge in [0.1, 0.15) is 11.7 Å². The Balaban J connectivity index is 2.53. The number of aliphatic hydroxyl groups is 2. The number of rotatable bonds is 2. The molecule has 0 aromatic carbocycles. The summed E-state index contributed by atoms with van der Waals surface area (Å²) in [4.78, 5) is 23.6. The molecule has 3 atom stereocenters. The van der Waals surface area contributed by atoms with Crippen molar-refractivity contribution in [2.45, 2.75) is 24.9 Å². The molecule has 0 spiro atoms. The second-order valence-corrected chi connectivity index (χ2v) is 5.06. The summed E-state index contributed by atoms with van der Waals surface area (Å²) in [6.07, 6.45) is 4.14. The molecule has 2 N–H and O–H groups in total. The van der Waals surface area contributed by atoms with Gasteiger partial charge in [0.15, 0.2) is 6.23 Å². The number of hydrogen-bond donors (Lipinski definition) is 2. The molecule has 0 bridgehead atoms. The smallest absolute Gasteiger partial charge is 0.342 e. The van der Waals surface area contributed by atoms with Gasteiger partial charge in [0.2, 0.25) is 0 Å². The van der Waals surface area contributed by atoms with E-state index >= 15 is 0 Å². The van der Waals surface area contributed by atoms with Crippen LogP contribution in [0.15, 0.2) is 15.8 Å². The Bertz CT molecular complexity index is 644. The number of aromatic nitrogens is 2. The first kappa shape index (κ1) is 14.3. The summed E-state index contributed by atoms with van der Waals surface area (Å²) < 4.78 is 7.26. The Labute approximate surface area is 121 Å². The van der Waals surface area contributed by atoms with E-state index in [0.717, 1.165) is 7.35 Å². The lowest BCUT2D eigenvalue weighted by molar-refractivity contribution is -0.0531. The van der Waals surface area contributed by atoms with Crippen molar-refractivity contribution < 1.29 is 14.9 Å². The summed E-state index contributed by atoms with van der Waals surface area (Å²) in [5.74, 6) is 2.18.